The standard InChI is InChI=1S/C22H28FN3O3S/c1-2-13-24-30(28,29)19-10-7-18(8-11-19)9-12-22(27)26-16-14-25(15-17-26)21-6-4-3-5-20(21)23/h3-8,10-11,24H,2,9,12-17H2,1H3. The molecular weight excluding hydrogens is 405 g/mol. The summed E-state index contributed by atoms with van der Waals surface area (Å²) in [6.07, 6.45) is 1.64. The molecular formula is C22H28FN3O3S. The molecule has 0 radical (unpaired) electrons. The zero-order chi connectivity index (χ0) is 21.6. The molecule has 0 atom stereocenters. The molecule has 3 rings (SSSR count). The Morgan fingerprint density at radius 3 is 2.33 bits per heavy atom. The minimum absolute atomic E-state index is 0.0597. The van der Waals surface area contributed by atoms with Crippen molar-refractivity contribution in [2.24, 2.45) is 0 Å². The van der Waals surface area contributed by atoms with E-state index in [2.05, 4.69) is 4.72 Å². The highest BCUT2D eigenvalue weighted by molar-refractivity contribution is 7.89. The maximum atomic E-state index is 13.9. The Labute approximate surface area is 177 Å². The third-order valence-electron chi connectivity index (χ3n) is 5.23. The van der Waals surface area contributed by atoms with Gasteiger partial charge in [-0.15, -0.1) is 0 Å². The van der Waals surface area contributed by atoms with Crippen molar-refractivity contribution in [3.8, 4) is 0 Å². The van der Waals surface area contributed by atoms with Crippen molar-refractivity contribution in [3.05, 3.63) is 59.9 Å². The Balaban J connectivity index is 1.49. The van der Waals surface area contributed by atoms with Gasteiger partial charge in [-0.25, -0.2) is 17.5 Å². The average molecular weight is 434 g/mol. The number of aryl methyl sites for hydroxylation is 1. The highest BCUT2D eigenvalue weighted by Crippen LogP contribution is 2.20. The van der Waals surface area contributed by atoms with Gasteiger partial charge in [0.05, 0.1) is 10.6 Å². The van der Waals surface area contributed by atoms with Crippen molar-refractivity contribution in [3.63, 3.8) is 0 Å². The maximum absolute atomic E-state index is 13.9. The number of para-hydroxylation sites is 1. The van der Waals surface area contributed by atoms with E-state index in [-0.39, 0.29) is 16.6 Å². The normalized spacial score (nSPS) is 14.7. The number of nitrogens with one attached hydrogen (secondary N) is 1. The van der Waals surface area contributed by atoms with Gasteiger partial charge in [0, 0.05) is 39.1 Å². The predicted octanol–water partition coefficient (Wildman–Crippen LogP) is 2.80. The molecule has 1 amide bonds. The van der Waals surface area contributed by atoms with Crippen LogP contribution in [0, 0.1) is 5.82 Å². The van der Waals surface area contributed by atoms with Crippen LogP contribution in [-0.2, 0) is 21.2 Å². The Morgan fingerprint density at radius 1 is 1.03 bits per heavy atom. The molecule has 0 aromatic heterocycles. The van der Waals surface area contributed by atoms with Crippen LogP contribution in [0.15, 0.2) is 53.4 Å². The van der Waals surface area contributed by atoms with Crippen molar-refractivity contribution >= 4 is 21.6 Å². The Hall–Kier alpha value is -2.45. The number of amides is 1. The second-order valence-electron chi connectivity index (χ2n) is 7.36. The molecule has 8 heteroatoms. The fourth-order valence-corrected chi connectivity index (χ4v) is 4.60. The highest BCUT2D eigenvalue weighted by atomic mass is 32.2. The number of anilines is 1. The summed E-state index contributed by atoms with van der Waals surface area (Å²) in [5.74, 6) is -0.183. The molecule has 2 aromatic rings. The number of piperazine rings is 1. The van der Waals surface area contributed by atoms with Crippen LogP contribution in [0.4, 0.5) is 10.1 Å². The molecule has 6 nitrogen and oxygen atoms in total. The molecule has 2 aromatic carbocycles. The first kappa shape index (κ1) is 22.2. The van der Waals surface area contributed by atoms with Crippen LogP contribution in [-0.4, -0.2) is 51.9 Å². The van der Waals surface area contributed by atoms with E-state index in [0.717, 1.165) is 12.0 Å². The number of carbonyl (C=O) groups excluding carboxylic acids is 1. The molecule has 162 valence electrons. The Kier molecular flexibility index (Phi) is 7.44. The van der Waals surface area contributed by atoms with Gasteiger partial charge in [0.2, 0.25) is 15.9 Å². The number of carbonyl (C=O) groups is 1. The molecule has 1 aliphatic rings. The number of hydrogen-bond acceptors (Lipinski definition) is 4. The summed E-state index contributed by atoms with van der Waals surface area (Å²) in [7, 11) is -3.48. The lowest BCUT2D eigenvalue weighted by Crippen LogP contribution is -2.49. The van der Waals surface area contributed by atoms with Crippen LogP contribution in [0.5, 0.6) is 0 Å². The lowest BCUT2D eigenvalue weighted by molar-refractivity contribution is -0.131. The van der Waals surface area contributed by atoms with Crippen LogP contribution >= 0.6 is 0 Å². The van der Waals surface area contributed by atoms with E-state index >= 15 is 0 Å². The van der Waals surface area contributed by atoms with Gasteiger partial charge in [-0.3, -0.25) is 4.79 Å². The topological polar surface area (TPSA) is 69.7 Å². The largest absolute Gasteiger partial charge is 0.366 e. The molecule has 1 saturated heterocycles. The minimum atomic E-state index is -3.48. The molecule has 1 N–H and O–H groups in total. The van der Waals surface area contributed by atoms with Gasteiger partial charge < -0.3 is 9.80 Å². The van der Waals surface area contributed by atoms with E-state index in [1.807, 2.05) is 22.8 Å². The number of rotatable bonds is 8. The zero-order valence-electron chi connectivity index (χ0n) is 17.2. The van der Waals surface area contributed by atoms with Gasteiger partial charge in [-0.2, -0.15) is 0 Å². The summed E-state index contributed by atoms with van der Waals surface area (Å²) in [4.78, 5) is 16.6. The van der Waals surface area contributed by atoms with Gasteiger partial charge in [0.1, 0.15) is 5.82 Å². The van der Waals surface area contributed by atoms with Crippen molar-refractivity contribution in [2.45, 2.75) is 31.1 Å². The lowest BCUT2D eigenvalue weighted by Gasteiger charge is -2.36. The van der Waals surface area contributed by atoms with Crippen molar-refractivity contribution < 1.29 is 17.6 Å². The van der Waals surface area contributed by atoms with Crippen LogP contribution < -0.4 is 9.62 Å². The van der Waals surface area contributed by atoms with Crippen LogP contribution in [0.1, 0.15) is 25.3 Å². The number of halogens is 1. The van der Waals surface area contributed by atoms with Crippen LogP contribution in [0.25, 0.3) is 0 Å². The number of sulfonamides is 1. The van der Waals surface area contributed by atoms with E-state index in [4.69, 9.17) is 0 Å². The van der Waals surface area contributed by atoms with Crippen molar-refractivity contribution in [1.29, 1.82) is 0 Å². The molecule has 0 bridgehead atoms. The summed E-state index contributed by atoms with van der Waals surface area (Å²) < 4.78 is 40.7. The smallest absolute Gasteiger partial charge is 0.240 e. The first-order valence-corrected chi connectivity index (χ1v) is 11.7. The van der Waals surface area contributed by atoms with Crippen LogP contribution in [0.2, 0.25) is 0 Å². The molecule has 0 saturated carbocycles. The van der Waals surface area contributed by atoms with Gasteiger partial charge in [-0.1, -0.05) is 31.2 Å². The van der Waals surface area contributed by atoms with Crippen molar-refractivity contribution in [1.82, 2.24) is 9.62 Å². The first-order valence-electron chi connectivity index (χ1n) is 10.3. The quantitative estimate of drug-likeness (QED) is 0.695. The second kappa shape index (κ2) is 10.0. The summed E-state index contributed by atoms with van der Waals surface area (Å²) in [6.45, 7) is 4.64. The third-order valence-corrected chi connectivity index (χ3v) is 6.71. The SMILES string of the molecule is CCCNS(=O)(=O)c1ccc(CCC(=O)N2CCN(c3ccccc3F)CC2)cc1. The van der Waals surface area contributed by atoms with Gasteiger partial charge in [-0.05, 0) is 42.7 Å². The molecule has 1 heterocycles. The van der Waals surface area contributed by atoms with Crippen molar-refractivity contribution in [2.75, 3.05) is 37.6 Å². The predicted molar refractivity (Wildman–Crippen MR) is 115 cm³/mol. The third kappa shape index (κ3) is 5.58. The monoisotopic (exact) mass is 433 g/mol. The van der Waals surface area contributed by atoms with Crippen LogP contribution in [0.3, 0.4) is 0 Å². The van der Waals surface area contributed by atoms with Gasteiger partial charge >= 0.3 is 0 Å². The average Bonchev–Trinajstić information content (AvgIpc) is 2.77. The Morgan fingerprint density at radius 2 is 1.70 bits per heavy atom. The second-order valence-corrected chi connectivity index (χ2v) is 9.13. The van der Waals surface area contributed by atoms with E-state index in [1.54, 1.807) is 36.4 Å². The molecule has 0 aliphatic carbocycles. The molecule has 0 unspecified atom stereocenters. The summed E-state index contributed by atoms with van der Waals surface area (Å²) in [5.41, 5.74) is 1.50. The maximum Gasteiger partial charge on any atom is 0.240 e. The number of hydrogen-bond donors (Lipinski definition) is 1. The van der Waals surface area contributed by atoms with E-state index in [0.29, 0.717) is 51.3 Å². The zero-order valence-corrected chi connectivity index (χ0v) is 18.0. The number of benzene rings is 2. The van der Waals surface area contributed by atoms with Gasteiger partial charge in [0.15, 0.2) is 0 Å². The van der Waals surface area contributed by atoms with Gasteiger partial charge in [0.25, 0.3) is 0 Å². The first-order chi connectivity index (χ1) is 14.4. The fourth-order valence-electron chi connectivity index (χ4n) is 3.47. The molecule has 1 aliphatic heterocycles. The summed E-state index contributed by atoms with van der Waals surface area (Å²) >= 11 is 0. The van der Waals surface area contributed by atoms with E-state index in [9.17, 15) is 17.6 Å². The Bertz CT molecular complexity index is 956. The molecule has 0 spiro atoms. The summed E-state index contributed by atoms with van der Waals surface area (Å²) in [6, 6.07) is 13.3. The van der Waals surface area contributed by atoms with E-state index < -0.39 is 10.0 Å². The van der Waals surface area contributed by atoms with E-state index in [1.165, 1.54) is 6.07 Å². The molecule has 1 fully saturated rings. The highest BCUT2D eigenvalue weighted by Gasteiger charge is 2.22. The summed E-state index contributed by atoms with van der Waals surface area (Å²) in [5, 5.41) is 0. The molecule has 30 heavy (non-hydrogen) atoms. The number of nitrogens with zero attached hydrogens (tertiary/aromatic N) is 2. The minimum Gasteiger partial charge on any atom is -0.366 e. The lowest BCUT2D eigenvalue weighted by atomic mass is 10.1. The fraction of sp³-hybridized carbons (Fsp3) is 0.409.